The molecule has 0 aliphatic carbocycles. The summed E-state index contributed by atoms with van der Waals surface area (Å²) in [7, 11) is 0. The van der Waals surface area contributed by atoms with Gasteiger partial charge < -0.3 is 0 Å². The quantitative estimate of drug-likeness (QED) is 0.636. The van der Waals surface area contributed by atoms with Gasteiger partial charge in [0.15, 0.2) is 5.16 Å². The van der Waals surface area contributed by atoms with Crippen LogP contribution in [-0.4, -0.2) is 19.9 Å². The third-order valence-corrected chi connectivity index (χ3v) is 3.33. The molecule has 2 heterocycles. The molecule has 19 heavy (non-hydrogen) atoms. The lowest BCUT2D eigenvalue weighted by molar-refractivity contribution is 0.807. The van der Waals surface area contributed by atoms with Gasteiger partial charge in [0, 0.05) is 23.9 Å². The highest BCUT2D eigenvalue weighted by Gasteiger charge is 2.07. The van der Waals surface area contributed by atoms with Crippen molar-refractivity contribution in [3.8, 4) is 0 Å². The monoisotopic (exact) mass is 294 g/mol. The zero-order chi connectivity index (χ0) is 13.8. The van der Waals surface area contributed by atoms with E-state index in [1.54, 1.807) is 6.07 Å². The van der Waals surface area contributed by atoms with E-state index in [4.69, 9.17) is 11.6 Å². The molecule has 2 aromatic rings. The Morgan fingerprint density at radius 2 is 1.74 bits per heavy atom. The normalized spacial score (nSPS) is 10.7. The number of aryl methyl sites for hydroxylation is 3. The summed E-state index contributed by atoms with van der Waals surface area (Å²) in [5.74, 6) is 0.766. The van der Waals surface area contributed by atoms with E-state index in [-0.39, 0.29) is 0 Å². The van der Waals surface area contributed by atoms with E-state index < -0.39 is 0 Å². The van der Waals surface area contributed by atoms with Crippen LogP contribution in [0.1, 0.15) is 30.6 Å². The van der Waals surface area contributed by atoms with Crippen LogP contribution in [0.3, 0.4) is 0 Å². The topological polar surface area (TPSA) is 51.6 Å². The van der Waals surface area contributed by atoms with Crippen LogP contribution in [0.2, 0.25) is 5.15 Å². The van der Waals surface area contributed by atoms with Crippen LogP contribution in [0, 0.1) is 13.8 Å². The molecule has 2 rings (SSSR count). The lowest BCUT2D eigenvalue weighted by Gasteiger charge is -2.04. The van der Waals surface area contributed by atoms with Crippen molar-refractivity contribution >= 4 is 23.4 Å². The molecule has 0 aliphatic heterocycles. The van der Waals surface area contributed by atoms with Gasteiger partial charge >= 0.3 is 0 Å². The summed E-state index contributed by atoms with van der Waals surface area (Å²) in [4.78, 5) is 17.4. The summed E-state index contributed by atoms with van der Waals surface area (Å²) in [6.45, 7) is 5.99. The van der Waals surface area contributed by atoms with Crippen molar-refractivity contribution in [3.63, 3.8) is 0 Å². The van der Waals surface area contributed by atoms with Crippen LogP contribution in [0.5, 0.6) is 0 Å². The van der Waals surface area contributed by atoms with Crippen LogP contribution in [0.25, 0.3) is 0 Å². The van der Waals surface area contributed by atoms with Gasteiger partial charge in [0.2, 0.25) is 0 Å². The van der Waals surface area contributed by atoms with Crippen LogP contribution in [0.15, 0.2) is 22.3 Å². The van der Waals surface area contributed by atoms with Crippen LogP contribution in [-0.2, 0) is 6.42 Å². The predicted molar refractivity (Wildman–Crippen MR) is 76.7 cm³/mol. The molecular formula is C13H15ClN4S. The van der Waals surface area contributed by atoms with E-state index in [1.165, 1.54) is 11.8 Å². The highest BCUT2D eigenvalue weighted by Crippen LogP contribution is 2.25. The van der Waals surface area contributed by atoms with Gasteiger partial charge in [-0.1, -0.05) is 18.5 Å². The fourth-order valence-electron chi connectivity index (χ4n) is 1.66. The van der Waals surface area contributed by atoms with Crippen LogP contribution in [0.4, 0.5) is 0 Å². The molecule has 0 fully saturated rings. The minimum Gasteiger partial charge on any atom is -0.228 e. The van der Waals surface area contributed by atoms with Crippen LogP contribution < -0.4 is 0 Å². The molecular weight excluding hydrogens is 280 g/mol. The molecule has 0 N–H and O–H groups in total. The standard InChI is InChI=1S/C13H15ClN4S/c1-4-5-11-17-10(14)7-12(18-11)19-13-15-8(2)6-9(3)16-13/h6-7H,4-5H2,1-3H3. The summed E-state index contributed by atoms with van der Waals surface area (Å²) in [6, 6.07) is 3.69. The molecule has 6 heteroatoms. The number of hydrogen-bond donors (Lipinski definition) is 0. The van der Waals surface area contributed by atoms with Crippen molar-refractivity contribution in [1.29, 1.82) is 0 Å². The van der Waals surface area contributed by atoms with E-state index >= 15 is 0 Å². The summed E-state index contributed by atoms with van der Waals surface area (Å²) < 4.78 is 0. The van der Waals surface area contributed by atoms with Gasteiger partial charge in [-0.2, -0.15) is 0 Å². The summed E-state index contributed by atoms with van der Waals surface area (Å²) in [5, 5.41) is 1.94. The average molecular weight is 295 g/mol. The Morgan fingerprint density at radius 1 is 1.05 bits per heavy atom. The molecule has 4 nitrogen and oxygen atoms in total. The van der Waals surface area contributed by atoms with E-state index in [0.29, 0.717) is 10.3 Å². The van der Waals surface area contributed by atoms with Crippen molar-refractivity contribution < 1.29 is 0 Å². The zero-order valence-electron chi connectivity index (χ0n) is 11.1. The number of hydrogen-bond acceptors (Lipinski definition) is 5. The molecule has 0 radical (unpaired) electrons. The Hall–Kier alpha value is -1.20. The van der Waals surface area contributed by atoms with Crippen molar-refractivity contribution in [1.82, 2.24) is 19.9 Å². The Labute approximate surface area is 122 Å². The lowest BCUT2D eigenvalue weighted by atomic mass is 10.3. The first-order chi connectivity index (χ1) is 9.06. The molecule has 0 saturated heterocycles. The Bertz CT molecular complexity index is 569. The van der Waals surface area contributed by atoms with Crippen LogP contribution >= 0.6 is 23.4 Å². The third kappa shape index (κ3) is 4.14. The van der Waals surface area contributed by atoms with Crippen molar-refractivity contribution in [2.24, 2.45) is 0 Å². The fraction of sp³-hybridized carbons (Fsp3) is 0.385. The Balaban J connectivity index is 2.27. The Morgan fingerprint density at radius 3 is 2.37 bits per heavy atom. The van der Waals surface area contributed by atoms with Gasteiger partial charge in [-0.3, -0.25) is 0 Å². The van der Waals surface area contributed by atoms with Gasteiger partial charge in [0.1, 0.15) is 16.0 Å². The maximum Gasteiger partial charge on any atom is 0.194 e. The highest BCUT2D eigenvalue weighted by molar-refractivity contribution is 7.99. The fourth-order valence-corrected chi connectivity index (χ4v) is 2.82. The summed E-state index contributed by atoms with van der Waals surface area (Å²) in [5.41, 5.74) is 1.90. The molecule has 2 aromatic heterocycles. The summed E-state index contributed by atoms with van der Waals surface area (Å²) >= 11 is 7.42. The van der Waals surface area contributed by atoms with Crippen molar-refractivity contribution in [2.75, 3.05) is 0 Å². The predicted octanol–water partition coefficient (Wildman–Crippen LogP) is 3.64. The highest BCUT2D eigenvalue weighted by atomic mass is 35.5. The van der Waals surface area contributed by atoms with E-state index in [9.17, 15) is 0 Å². The third-order valence-electron chi connectivity index (χ3n) is 2.35. The van der Waals surface area contributed by atoms with Gasteiger partial charge in [-0.15, -0.1) is 0 Å². The van der Waals surface area contributed by atoms with E-state index in [2.05, 4.69) is 26.9 Å². The first-order valence-corrected chi connectivity index (χ1v) is 7.30. The molecule has 0 bridgehead atoms. The number of nitrogens with zero attached hydrogens (tertiary/aromatic N) is 4. The average Bonchev–Trinajstić information content (AvgIpc) is 2.26. The second kappa shape index (κ2) is 6.30. The smallest absolute Gasteiger partial charge is 0.194 e. The molecule has 0 amide bonds. The lowest BCUT2D eigenvalue weighted by Crippen LogP contribution is -1.98. The second-order valence-corrected chi connectivity index (χ2v) is 5.61. The zero-order valence-corrected chi connectivity index (χ0v) is 12.7. The van der Waals surface area contributed by atoms with E-state index in [1.807, 2.05) is 19.9 Å². The number of aromatic nitrogens is 4. The molecule has 0 saturated carbocycles. The maximum absolute atomic E-state index is 6.01. The largest absolute Gasteiger partial charge is 0.228 e. The number of rotatable bonds is 4. The SMILES string of the molecule is CCCc1nc(Cl)cc(Sc2nc(C)cc(C)n2)n1. The van der Waals surface area contributed by atoms with Crippen molar-refractivity contribution in [3.05, 3.63) is 34.5 Å². The molecule has 0 atom stereocenters. The first-order valence-electron chi connectivity index (χ1n) is 6.10. The minimum absolute atomic E-state index is 0.463. The molecule has 0 unspecified atom stereocenters. The van der Waals surface area contributed by atoms with Gasteiger partial charge in [-0.05, 0) is 38.1 Å². The maximum atomic E-state index is 6.01. The molecule has 100 valence electrons. The molecule has 0 aromatic carbocycles. The van der Waals surface area contributed by atoms with Gasteiger partial charge in [0.25, 0.3) is 0 Å². The van der Waals surface area contributed by atoms with Crippen molar-refractivity contribution in [2.45, 2.75) is 43.8 Å². The van der Waals surface area contributed by atoms with Gasteiger partial charge in [-0.25, -0.2) is 19.9 Å². The van der Waals surface area contributed by atoms with Gasteiger partial charge in [0.05, 0.1) is 0 Å². The summed E-state index contributed by atoms with van der Waals surface area (Å²) in [6.07, 6.45) is 1.81. The second-order valence-electron chi connectivity index (χ2n) is 4.23. The molecule has 0 aliphatic rings. The first kappa shape index (κ1) is 14.2. The molecule has 0 spiro atoms. The van der Waals surface area contributed by atoms with E-state index in [0.717, 1.165) is 35.1 Å². The Kier molecular flexibility index (Phi) is 4.71. The minimum atomic E-state index is 0.463. The number of halogens is 1.